The molecule has 1 unspecified atom stereocenters. The molecular weight excluding hydrogens is 232 g/mol. The number of likely N-dealkylation sites (tertiary alicyclic amines) is 1. The zero-order valence-electron chi connectivity index (χ0n) is 11.8. The van der Waals surface area contributed by atoms with Crippen LogP contribution in [0.15, 0.2) is 0 Å². The van der Waals surface area contributed by atoms with Gasteiger partial charge >= 0.3 is 0 Å². The fraction of sp³-hybridized carbons (Fsp3) is 0.846. The molecule has 1 saturated heterocycles. The predicted octanol–water partition coefficient (Wildman–Crippen LogP) is 0.617. The van der Waals surface area contributed by atoms with Crippen LogP contribution in [0.25, 0.3) is 0 Å². The summed E-state index contributed by atoms with van der Waals surface area (Å²) in [5.41, 5.74) is -0.919. The van der Waals surface area contributed by atoms with Gasteiger partial charge in [0, 0.05) is 26.6 Å². The van der Waals surface area contributed by atoms with Gasteiger partial charge in [-0.25, -0.2) is 0 Å². The highest BCUT2D eigenvalue weighted by Gasteiger charge is 2.34. The minimum absolute atomic E-state index is 0.0619. The molecule has 1 heterocycles. The number of hydrogen-bond acceptors (Lipinski definition) is 3. The highest BCUT2D eigenvalue weighted by molar-refractivity contribution is 5.88. The van der Waals surface area contributed by atoms with Gasteiger partial charge in [-0.3, -0.25) is 9.59 Å². The molecule has 104 valence electrons. The van der Waals surface area contributed by atoms with Crippen molar-refractivity contribution >= 4 is 11.8 Å². The van der Waals surface area contributed by atoms with Gasteiger partial charge in [-0.05, 0) is 26.7 Å². The fourth-order valence-electron chi connectivity index (χ4n) is 2.44. The molecule has 5 nitrogen and oxygen atoms in total. The van der Waals surface area contributed by atoms with E-state index in [0.717, 1.165) is 6.42 Å². The van der Waals surface area contributed by atoms with Crippen molar-refractivity contribution in [2.45, 2.75) is 51.7 Å². The average molecular weight is 256 g/mol. The molecule has 0 bridgehead atoms. The fourth-order valence-corrected chi connectivity index (χ4v) is 2.44. The van der Waals surface area contributed by atoms with Gasteiger partial charge in [0.25, 0.3) is 0 Å². The predicted molar refractivity (Wildman–Crippen MR) is 69.0 cm³/mol. The molecule has 0 aliphatic carbocycles. The highest BCUT2D eigenvalue weighted by Crippen LogP contribution is 2.18. The van der Waals surface area contributed by atoms with Crippen molar-refractivity contribution in [1.82, 2.24) is 9.80 Å². The van der Waals surface area contributed by atoms with E-state index in [2.05, 4.69) is 0 Å². The Bertz CT molecular complexity index is 323. The minimum atomic E-state index is -0.919. The Hall–Kier alpha value is -1.10. The van der Waals surface area contributed by atoms with Gasteiger partial charge in [-0.2, -0.15) is 0 Å². The summed E-state index contributed by atoms with van der Waals surface area (Å²) in [5.74, 6) is -0.0262. The Balaban J connectivity index is 2.70. The van der Waals surface area contributed by atoms with E-state index in [1.807, 2.05) is 6.92 Å². The Labute approximate surface area is 109 Å². The maximum Gasteiger partial charge on any atom is 0.245 e. The van der Waals surface area contributed by atoms with Crippen molar-refractivity contribution in [1.29, 1.82) is 0 Å². The van der Waals surface area contributed by atoms with E-state index in [4.69, 9.17) is 0 Å². The Morgan fingerprint density at radius 1 is 1.56 bits per heavy atom. The molecule has 0 spiro atoms. The molecular formula is C13H24N2O3. The molecule has 1 fully saturated rings. The average Bonchev–Trinajstić information content (AvgIpc) is 2.63. The molecule has 5 heteroatoms. The molecule has 1 aliphatic heterocycles. The number of carbonyl (C=O) groups excluding carboxylic acids is 2. The quantitative estimate of drug-likeness (QED) is 0.784. The topological polar surface area (TPSA) is 60.9 Å². The van der Waals surface area contributed by atoms with E-state index >= 15 is 0 Å². The number of amides is 2. The Morgan fingerprint density at radius 2 is 2.17 bits per heavy atom. The summed E-state index contributed by atoms with van der Waals surface area (Å²) in [6.45, 7) is 6.17. The van der Waals surface area contributed by atoms with Gasteiger partial charge < -0.3 is 14.9 Å². The highest BCUT2D eigenvalue weighted by atomic mass is 16.3. The molecule has 0 aromatic heterocycles. The number of likely N-dealkylation sites (N-methyl/N-ethyl adjacent to an activating group) is 1. The minimum Gasteiger partial charge on any atom is -0.389 e. The lowest BCUT2D eigenvalue weighted by Gasteiger charge is -2.32. The first-order valence-electron chi connectivity index (χ1n) is 6.53. The van der Waals surface area contributed by atoms with Crippen LogP contribution < -0.4 is 0 Å². The standard InChI is InChI=1S/C13H24N2O3/c1-5-10(15-8-6-7-11(15)16)12(17)14(4)9-13(2,3)18/h10,18H,5-9H2,1-4H3. The lowest BCUT2D eigenvalue weighted by molar-refractivity contribution is -0.144. The summed E-state index contributed by atoms with van der Waals surface area (Å²) in [7, 11) is 1.67. The summed E-state index contributed by atoms with van der Waals surface area (Å²) < 4.78 is 0. The van der Waals surface area contributed by atoms with Crippen LogP contribution in [0.2, 0.25) is 0 Å². The lowest BCUT2D eigenvalue weighted by atomic mass is 10.1. The first-order chi connectivity index (χ1) is 8.26. The maximum absolute atomic E-state index is 12.3. The number of rotatable bonds is 5. The summed E-state index contributed by atoms with van der Waals surface area (Å²) in [6.07, 6.45) is 1.98. The number of aliphatic hydroxyl groups is 1. The second kappa shape index (κ2) is 5.69. The van der Waals surface area contributed by atoms with E-state index in [1.54, 1.807) is 25.8 Å². The Morgan fingerprint density at radius 3 is 2.56 bits per heavy atom. The van der Waals surface area contributed by atoms with Gasteiger partial charge in [0.05, 0.1) is 5.60 Å². The van der Waals surface area contributed by atoms with Gasteiger partial charge in [0.2, 0.25) is 11.8 Å². The van der Waals surface area contributed by atoms with E-state index in [0.29, 0.717) is 19.4 Å². The van der Waals surface area contributed by atoms with Crippen LogP contribution >= 0.6 is 0 Å². The van der Waals surface area contributed by atoms with Crippen LogP contribution in [0, 0.1) is 0 Å². The molecule has 2 amide bonds. The van der Waals surface area contributed by atoms with Crippen molar-refractivity contribution in [3.63, 3.8) is 0 Å². The third-order valence-electron chi connectivity index (χ3n) is 3.16. The van der Waals surface area contributed by atoms with E-state index in [9.17, 15) is 14.7 Å². The largest absolute Gasteiger partial charge is 0.389 e. The van der Waals surface area contributed by atoms with E-state index in [1.165, 1.54) is 4.90 Å². The molecule has 0 aromatic rings. The van der Waals surface area contributed by atoms with Crippen LogP contribution in [-0.4, -0.2) is 58.5 Å². The molecule has 1 rings (SSSR count). The maximum atomic E-state index is 12.3. The molecule has 18 heavy (non-hydrogen) atoms. The third-order valence-corrected chi connectivity index (χ3v) is 3.16. The Kier molecular flexibility index (Phi) is 4.73. The number of nitrogens with zero attached hydrogens (tertiary/aromatic N) is 2. The SMILES string of the molecule is CCC(C(=O)N(C)CC(C)(C)O)N1CCCC1=O. The van der Waals surface area contributed by atoms with Gasteiger partial charge in [-0.1, -0.05) is 6.92 Å². The second-order valence-corrected chi connectivity index (χ2v) is 5.62. The molecule has 1 atom stereocenters. The lowest BCUT2D eigenvalue weighted by Crippen LogP contribution is -2.50. The second-order valence-electron chi connectivity index (χ2n) is 5.62. The van der Waals surface area contributed by atoms with Gasteiger partial charge in [0.1, 0.15) is 6.04 Å². The van der Waals surface area contributed by atoms with Crippen LogP contribution in [0.1, 0.15) is 40.0 Å². The van der Waals surface area contributed by atoms with Crippen molar-refractivity contribution in [3.8, 4) is 0 Å². The van der Waals surface area contributed by atoms with Crippen molar-refractivity contribution in [2.24, 2.45) is 0 Å². The first-order valence-corrected chi connectivity index (χ1v) is 6.53. The smallest absolute Gasteiger partial charge is 0.245 e. The molecule has 1 N–H and O–H groups in total. The summed E-state index contributed by atoms with van der Waals surface area (Å²) >= 11 is 0. The molecule has 0 saturated carbocycles. The summed E-state index contributed by atoms with van der Waals surface area (Å²) in [4.78, 5) is 27.2. The monoisotopic (exact) mass is 256 g/mol. The van der Waals surface area contributed by atoms with Gasteiger partial charge in [-0.15, -0.1) is 0 Å². The normalized spacial score (nSPS) is 18.1. The van der Waals surface area contributed by atoms with Crippen LogP contribution in [-0.2, 0) is 9.59 Å². The number of carbonyl (C=O) groups is 2. The van der Waals surface area contributed by atoms with Crippen molar-refractivity contribution in [3.05, 3.63) is 0 Å². The van der Waals surface area contributed by atoms with Crippen molar-refractivity contribution in [2.75, 3.05) is 20.1 Å². The summed E-state index contributed by atoms with van der Waals surface area (Å²) in [5, 5.41) is 9.73. The van der Waals surface area contributed by atoms with Crippen LogP contribution in [0.3, 0.4) is 0 Å². The molecule has 0 radical (unpaired) electrons. The van der Waals surface area contributed by atoms with Crippen LogP contribution in [0.4, 0.5) is 0 Å². The zero-order valence-corrected chi connectivity index (χ0v) is 11.8. The van der Waals surface area contributed by atoms with Crippen molar-refractivity contribution < 1.29 is 14.7 Å². The third kappa shape index (κ3) is 3.70. The first kappa shape index (κ1) is 15.0. The number of hydrogen-bond donors (Lipinski definition) is 1. The molecule has 1 aliphatic rings. The van der Waals surface area contributed by atoms with E-state index in [-0.39, 0.29) is 24.4 Å². The summed E-state index contributed by atoms with van der Waals surface area (Å²) in [6, 6.07) is -0.382. The zero-order chi connectivity index (χ0) is 13.9. The molecule has 0 aromatic carbocycles. The van der Waals surface area contributed by atoms with Crippen LogP contribution in [0.5, 0.6) is 0 Å². The van der Waals surface area contributed by atoms with Gasteiger partial charge in [0.15, 0.2) is 0 Å². The van der Waals surface area contributed by atoms with E-state index < -0.39 is 5.60 Å².